The summed E-state index contributed by atoms with van der Waals surface area (Å²) in [6.45, 7) is 5.11. The first kappa shape index (κ1) is 18.0. The number of allylic oxidation sites excluding steroid dienone is 1. The van der Waals surface area contributed by atoms with Crippen molar-refractivity contribution in [3.8, 4) is 5.69 Å². The maximum Gasteiger partial charge on any atom is 0.0648 e. The van der Waals surface area contributed by atoms with E-state index in [4.69, 9.17) is 16.7 Å². The Morgan fingerprint density at radius 1 is 1.07 bits per heavy atom. The highest BCUT2D eigenvalue weighted by Crippen LogP contribution is 2.34. The molecule has 1 aromatic heterocycles. The molecule has 4 heteroatoms. The fraction of sp³-hybridized carbons (Fsp3) is 0.261. The van der Waals surface area contributed by atoms with Gasteiger partial charge in [-0.15, -0.1) is 0 Å². The van der Waals surface area contributed by atoms with Crippen LogP contribution in [0, 0.1) is 13.8 Å². The molecular weight excluding hydrogens is 354 g/mol. The van der Waals surface area contributed by atoms with Crippen LogP contribution in [0.1, 0.15) is 34.9 Å². The van der Waals surface area contributed by atoms with Gasteiger partial charge < -0.3 is 5.32 Å². The number of nitrogens with one attached hydrogen (secondary N) is 1. The summed E-state index contributed by atoms with van der Waals surface area (Å²) >= 11 is 6.08. The van der Waals surface area contributed by atoms with Gasteiger partial charge in [0.05, 0.1) is 11.4 Å². The SMILES string of the molecule is Cc1nn(-c2ccccc2)c(C)c1[C@H]1C=C[C@@H](NCc2cccc(Cl)c2)C1. The van der Waals surface area contributed by atoms with Crippen LogP contribution in [0.2, 0.25) is 5.02 Å². The normalized spacial score (nSPS) is 18.9. The number of benzene rings is 2. The smallest absolute Gasteiger partial charge is 0.0648 e. The van der Waals surface area contributed by atoms with E-state index in [9.17, 15) is 0 Å². The zero-order chi connectivity index (χ0) is 18.8. The van der Waals surface area contributed by atoms with E-state index in [1.807, 2.05) is 24.3 Å². The molecule has 0 fully saturated rings. The lowest BCUT2D eigenvalue weighted by Crippen LogP contribution is -2.25. The molecule has 27 heavy (non-hydrogen) atoms. The van der Waals surface area contributed by atoms with Crippen LogP contribution in [0.5, 0.6) is 0 Å². The van der Waals surface area contributed by atoms with Crippen LogP contribution < -0.4 is 5.32 Å². The Balaban J connectivity index is 1.46. The Hall–Kier alpha value is -2.36. The van der Waals surface area contributed by atoms with Crippen molar-refractivity contribution < 1.29 is 0 Å². The van der Waals surface area contributed by atoms with Gasteiger partial charge >= 0.3 is 0 Å². The fourth-order valence-corrected chi connectivity index (χ4v) is 4.19. The molecule has 3 nitrogen and oxygen atoms in total. The number of hydrogen-bond acceptors (Lipinski definition) is 2. The summed E-state index contributed by atoms with van der Waals surface area (Å²) in [5.41, 5.74) is 6.01. The van der Waals surface area contributed by atoms with Gasteiger partial charge in [-0.2, -0.15) is 5.10 Å². The molecule has 4 rings (SSSR count). The van der Waals surface area contributed by atoms with E-state index in [1.165, 1.54) is 16.8 Å². The summed E-state index contributed by atoms with van der Waals surface area (Å²) in [6.07, 6.45) is 5.67. The zero-order valence-electron chi connectivity index (χ0n) is 15.7. The lowest BCUT2D eigenvalue weighted by Gasteiger charge is -2.15. The molecule has 3 aromatic rings. The molecule has 0 radical (unpaired) electrons. The van der Waals surface area contributed by atoms with Crippen molar-refractivity contribution in [1.82, 2.24) is 15.1 Å². The molecule has 138 valence electrons. The van der Waals surface area contributed by atoms with Crippen molar-refractivity contribution in [2.24, 2.45) is 0 Å². The molecule has 0 saturated carbocycles. The van der Waals surface area contributed by atoms with E-state index in [2.05, 4.69) is 66.3 Å². The van der Waals surface area contributed by atoms with Crippen molar-refractivity contribution in [2.75, 3.05) is 0 Å². The van der Waals surface area contributed by atoms with E-state index in [0.717, 1.165) is 29.4 Å². The van der Waals surface area contributed by atoms with E-state index < -0.39 is 0 Å². The summed E-state index contributed by atoms with van der Waals surface area (Å²) in [5.74, 6) is 0.402. The van der Waals surface area contributed by atoms with Gasteiger partial charge in [-0.1, -0.05) is 54.1 Å². The van der Waals surface area contributed by atoms with E-state index >= 15 is 0 Å². The third-order valence-electron chi connectivity index (χ3n) is 5.26. The number of halogens is 1. The molecule has 2 atom stereocenters. The fourth-order valence-electron chi connectivity index (χ4n) is 3.97. The Morgan fingerprint density at radius 2 is 1.89 bits per heavy atom. The third kappa shape index (κ3) is 3.85. The number of rotatable bonds is 5. The molecule has 0 unspecified atom stereocenters. The van der Waals surface area contributed by atoms with Crippen LogP contribution in [0.15, 0.2) is 66.7 Å². The van der Waals surface area contributed by atoms with Crippen molar-refractivity contribution >= 4 is 11.6 Å². The summed E-state index contributed by atoms with van der Waals surface area (Å²) in [4.78, 5) is 0. The molecule has 1 heterocycles. The van der Waals surface area contributed by atoms with Gasteiger partial charge in [0.15, 0.2) is 0 Å². The number of para-hydroxylation sites is 1. The summed E-state index contributed by atoms with van der Waals surface area (Å²) in [5, 5.41) is 9.22. The Bertz CT molecular complexity index is 959. The average molecular weight is 378 g/mol. The van der Waals surface area contributed by atoms with E-state index in [1.54, 1.807) is 0 Å². The monoisotopic (exact) mass is 377 g/mol. The van der Waals surface area contributed by atoms with Gasteiger partial charge in [0.25, 0.3) is 0 Å². The maximum atomic E-state index is 6.08. The second kappa shape index (κ2) is 7.71. The molecular formula is C23H24ClN3. The summed E-state index contributed by atoms with van der Waals surface area (Å²) in [7, 11) is 0. The molecule has 0 aliphatic heterocycles. The minimum atomic E-state index is 0.368. The van der Waals surface area contributed by atoms with Gasteiger partial charge in [-0.05, 0) is 50.1 Å². The highest BCUT2D eigenvalue weighted by atomic mass is 35.5. The molecule has 0 saturated heterocycles. The molecule has 2 aromatic carbocycles. The topological polar surface area (TPSA) is 29.9 Å². The predicted octanol–water partition coefficient (Wildman–Crippen LogP) is 5.34. The maximum absolute atomic E-state index is 6.08. The highest BCUT2D eigenvalue weighted by Gasteiger charge is 2.25. The largest absolute Gasteiger partial charge is 0.306 e. The molecule has 1 aliphatic rings. The lowest BCUT2D eigenvalue weighted by molar-refractivity contribution is 0.559. The number of hydrogen-bond donors (Lipinski definition) is 1. The van der Waals surface area contributed by atoms with Crippen LogP contribution in [-0.2, 0) is 6.54 Å². The minimum Gasteiger partial charge on any atom is -0.306 e. The van der Waals surface area contributed by atoms with Crippen molar-refractivity contribution in [1.29, 1.82) is 0 Å². The Labute approximate surface area is 165 Å². The van der Waals surface area contributed by atoms with Gasteiger partial charge in [-0.3, -0.25) is 0 Å². The lowest BCUT2D eigenvalue weighted by atomic mass is 9.96. The highest BCUT2D eigenvalue weighted by molar-refractivity contribution is 6.30. The number of nitrogens with zero attached hydrogens (tertiary/aromatic N) is 2. The van der Waals surface area contributed by atoms with Crippen LogP contribution in [-0.4, -0.2) is 15.8 Å². The zero-order valence-corrected chi connectivity index (χ0v) is 16.4. The van der Waals surface area contributed by atoms with Gasteiger partial charge in [0.2, 0.25) is 0 Å². The second-order valence-corrected chi connectivity index (χ2v) is 7.61. The van der Waals surface area contributed by atoms with Gasteiger partial charge in [0, 0.05) is 34.8 Å². The van der Waals surface area contributed by atoms with E-state index in [-0.39, 0.29) is 0 Å². The standard InChI is InChI=1S/C23H24ClN3/c1-16-23(17(2)27(26-16)22-9-4-3-5-10-22)19-11-12-21(14-19)25-15-18-7-6-8-20(24)13-18/h3-13,19,21,25H,14-15H2,1-2H3/t19-,21+/m0/s1. The van der Waals surface area contributed by atoms with Crippen molar-refractivity contribution in [3.05, 3.63) is 94.3 Å². The molecule has 0 bridgehead atoms. The molecule has 1 aliphatic carbocycles. The minimum absolute atomic E-state index is 0.368. The summed E-state index contributed by atoms with van der Waals surface area (Å²) < 4.78 is 2.06. The van der Waals surface area contributed by atoms with Crippen LogP contribution in [0.3, 0.4) is 0 Å². The Morgan fingerprint density at radius 3 is 2.67 bits per heavy atom. The average Bonchev–Trinajstić information content (AvgIpc) is 3.25. The Kier molecular flexibility index (Phi) is 5.15. The van der Waals surface area contributed by atoms with Crippen molar-refractivity contribution in [2.45, 2.75) is 38.8 Å². The molecule has 1 N–H and O–H groups in total. The quantitative estimate of drug-likeness (QED) is 0.608. The van der Waals surface area contributed by atoms with Gasteiger partial charge in [-0.25, -0.2) is 4.68 Å². The first-order valence-corrected chi connectivity index (χ1v) is 9.77. The number of aromatic nitrogens is 2. The molecule has 0 spiro atoms. The third-order valence-corrected chi connectivity index (χ3v) is 5.49. The second-order valence-electron chi connectivity index (χ2n) is 7.18. The van der Waals surface area contributed by atoms with Crippen LogP contribution >= 0.6 is 11.6 Å². The van der Waals surface area contributed by atoms with Crippen LogP contribution in [0.25, 0.3) is 5.69 Å². The summed E-state index contributed by atoms with van der Waals surface area (Å²) in [6, 6.07) is 18.7. The first-order valence-electron chi connectivity index (χ1n) is 9.39. The first-order chi connectivity index (χ1) is 13.1. The van der Waals surface area contributed by atoms with E-state index in [0.29, 0.717) is 12.0 Å². The number of aryl methyl sites for hydroxylation is 1. The van der Waals surface area contributed by atoms with Crippen molar-refractivity contribution in [3.63, 3.8) is 0 Å². The van der Waals surface area contributed by atoms with Gasteiger partial charge in [0.1, 0.15) is 0 Å². The predicted molar refractivity (Wildman–Crippen MR) is 112 cm³/mol. The molecule has 0 amide bonds. The van der Waals surface area contributed by atoms with Crippen LogP contribution in [0.4, 0.5) is 0 Å².